The predicted octanol–water partition coefficient (Wildman–Crippen LogP) is 1.54. The average molecular weight is 255 g/mol. The molecule has 0 aliphatic heterocycles. The topological polar surface area (TPSA) is 85.1 Å². The van der Waals surface area contributed by atoms with Crippen LogP contribution >= 0.6 is 0 Å². The van der Waals surface area contributed by atoms with E-state index in [0.29, 0.717) is 16.9 Å². The maximum atomic E-state index is 11.9. The van der Waals surface area contributed by atoms with Gasteiger partial charge in [-0.15, -0.1) is 0 Å². The molecule has 3 N–H and O–H groups in total. The van der Waals surface area contributed by atoms with Gasteiger partial charge in [0.15, 0.2) is 0 Å². The quantitative estimate of drug-likeness (QED) is 0.629. The van der Waals surface area contributed by atoms with E-state index in [1.165, 1.54) is 6.20 Å². The Morgan fingerprint density at radius 3 is 2.58 bits per heavy atom. The van der Waals surface area contributed by atoms with E-state index in [2.05, 4.69) is 10.3 Å². The van der Waals surface area contributed by atoms with Crippen LogP contribution in [0.4, 0.5) is 5.69 Å². The minimum Gasteiger partial charge on any atom is -0.398 e. The molecule has 1 aromatic carbocycles. The molecule has 96 valence electrons. The fourth-order valence-electron chi connectivity index (χ4n) is 1.63. The van der Waals surface area contributed by atoms with E-state index in [0.717, 1.165) is 0 Å². The van der Waals surface area contributed by atoms with Crippen LogP contribution in [-0.4, -0.2) is 16.8 Å². The SMILES string of the molecule is Cc1cc(C(=O)NC(=O)c2ccccc2N)ccn1. The molecule has 0 spiro atoms. The van der Waals surface area contributed by atoms with Gasteiger partial charge in [0.25, 0.3) is 11.8 Å². The van der Waals surface area contributed by atoms with Gasteiger partial charge in [-0.2, -0.15) is 0 Å². The number of anilines is 1. The van der Waals surface area contributed by atoms with E-state index in [9.17, 15) is 9.59 Å². The highest BCUT2D eigenvalue weighted by Gasteiger charge is 2.14. The smallest absolute Gasteiger partial charge is 0.260 e. The van der Waals surface area contributed by atoms with Crippen LogP contribution in [0.2, 0.25) is 0 Å². The molecule has 0 bridgehead atoms. The Bertz CT molecular complexity index is 638. The summed E-state index contributed by atoms with van der Waals surface area (Å²) in [6, 6.07) is 9.74. The Balaban J connectivity index is 2.16. The lowest BCUT2D eigenvalue weighted by Gasteiger charge is -2.06. The van der Waals surface area contributed by atoms with Crippen LogP contribution in [0.3, 0.4) is 0 Å². The average Bonchev–Trinajstić information content (AvgIpc) is 2.39. The van der Waals surface area contributed by atoms with Gasteiger partial charge in [-0.1, -0.05) is 12.1 Å². The van der Waals surface area contributed by atoms with Gasteiger partial charge < -0.3 is 5.73 Å². The maximum Gasteiger partial charge on any atom is 0.260 e. The second kappa shape index (κ2) is 5.30. The second-order valence-corrected chi connectivity index (χ2v) is 4.06. The number of hydrogen-bond acceptors (Lipinski definition) is 4. The molecule has 1 heterocycles. The van der Waals surface area contributed by atoms with Crippen molar-refractivity contribution in [2.45, 2.75) is 6.92 Å². The maximum absolute atomic E-state index is 11.9. The van der Waals surface area contributed by atoms with Gasteiger partial charge in [-0.25, -0.2) is 0 Å². The normalized spacial score (nSPS) is 9.95. The minimum absolute atomic E-state index is 0.279. The largest absolute Gasteiger partial charge is 0.398 e. The Kier molecular flexibility index (Phi) is 3.56. The van der Waals surface area contributed by atoms with Gasteiger partial charge in [-0.05, 0) is 31.2 Å². The number of rotatable bonds is 2. The molecule has 0 radical (unpaired) electrons. The van der Waals surface area contributed by atoms with Crippen molar-refractivity contribution >= 4 is 17.5 Å². The number of nitrogens with one attached hydrogen (secondary N) is 1. The number of hydrogen-bond donors (Lipinski definition) is 2. The van der Waals surface area contributed by atoms with Crippen LogP contribution < -0.4 is 11.1 Å². The molecule has 0 saturated heterocycles. The van der Waals surface area contributed by atoms with Crippen molar-refractivity contribution in [2.24, 2.45) is 0 Å². The lowest BCUT2D eigenvalue weighted by molar-refractivity contribution is 0.0849. The molecule has 1 aromatic heterocycles. The fourth-order valence-corrected chi connectivity index (χ4v) is 1.63. The lowest BCUT2D eigenvalue weighted by atomic mass is 10.1. The molecule has 2 amide bonds. The Morgan fingerprint density at radius 2 is 1.89 bits per heavy atom. The van der Waals surface area contributed by atoms with Gasteiger partial charge in [0.1, 0.15) is 0 Å². The number of amides is 2. The number of benzene rings is 1. The number of nitrogens with two attached hydrogens (primary N) is 1. The summed E-state index contributed by atoms with van der Waals surface area (Å²) in [7, 11) is 0. The summed E-state index contributed by atoms with van der Waals surface area (Å²) >= 11 is 0. The zero-order valence-electron chi connectivity index (χ0n) is 10.4. The third-order valence-corrected chi connectivity index (χ3v) is 2.59. The summed E-state index contributed by atoms with van der Waals surface area (Å²) in [6.45, 7) is 1.77. The number of pyridine rings is 1. The fraction of sp³-hybridized carbons (Fsp3) is 0.0714. The Morgan fingerprint density at radius 1 is 1.16 bits per heavy atom. The molecular weight excluding hydrogens is 242 g/mol. The van der Waals surface area contributed by atoms with Crippen LogP contribution in [0.25, 0.3) is 0 Å². The molecule has 0 fully saturated rings. The molecule has 2 rings (SSSR count). The van der Waals surface area contributed by atoms with Crippen LogP contribution in [0, 0.1) is 6.92 Å². The number of aryl methyl sites for hydroxylation is 1. The summed E-state index contributed by atoms with van der Waals surface area (Å²) in [5, 5.41) is 2.29. The van der Waals surface area contributed by atoms with Crippen LogP contribution in [0.1, 0.15) is 26.4 Å². The van der Waals surface area contributed by atoms with E-state index in [1.807, 2.05) is 0 Å². The summed E-state index contributed by atoms with van der Waals surface area (Å²) in [6.07, 6.45) is 1.52. The molecule has 0 unspecified atom stereocenters. The number of para-hydroxylation sites is 1. The van der Waals surface area contributed by atoms with Crippen molar-refractivity contribution in [1.82, 2.24) is 10.3 Å². The van der Waals surface area contributed by atoms with E-state index in [4.69, 9.17) is 5.73 Å². The van der Waals surface area contributed by atoms with E-state index in [1.54, 1.807) is 43.3 Å². The summed E-state index contributed by atoms with van der Waals surface area (Å²) in [5.41, 5.74) is 7.38. The molecular formula is C14H13N3O2. The second-order valence-electron chi connectivity index (χ2n) is 4.06. The number of nitrogen functional groups attached to an aromatic ring is 1. The van der Waals surface area contributed by atoms with Gasteiger partial charge in [0.05, 0.1) is 5.56 Å². The Hall–Kier alpha value is -2.69. The Labute approximate surface area is 110 Å². The van der Waals surface area contributed by atoms with Gasteiger partial charge in [-0.3, -0.25) is 19.9 Å². The highest BCUT2D eigenvalue weighted by Crippen LogP contribution is 2.10. The monoisotopic (exact) mass is 255 g/mol. The predicted molar refractivity (Wildman–Crippen MR) is 71.6 cm³/mol. The van der Waals surface area contributed by atoms with Crippen molar-refractivity contribution in [3.8, 4) is 0 Å². The van der Waals surface area contributed by atoms with Crippen molar-refractivity contribution in [2.75, 3.05) is 5.73 Å². The zero-order chi connectivity index (χ0) is 13.8. The van der Waals surface area contributed by atoms with Crippen molar-refractivity contribution < 1.29 is 9.59 Å². The number of nitrogens with zero attached hydrogens (tertiary/aromatic N) is 1. The molecule has 0 atom stereocenters. The van der Waals surface area contributed by atoms with E-state index in [-0.39, 0.29) is 5.56 Å². The molecule has 5 heteroatoms. The molecule has 5 nitrogen and oxygen atoms in total. The molecule has 0 saturated carbocycles. The number of aromatic nitrogens is 1. The lowest BCUT2D eigenvalue weighted by Crippen LogP contribution is -2.31. The van der Waals surface area contributed by atoms with Crippen molar-refractivity contribution in [3.05, 3.63) is 59.4 Å². The molecule has 0 aliphatic rings. The minimum atomic E-state index is -0.516. The molecule has 19 heavy (non-hydrogen) atoms. The highest BCUT2D eigenvalue weighted by molar-refractivity contribution is 6.12. The molecule has 0 aliphatic carbocycles. The summed E-state index contributed by atoms with van der Waals surface area (Å²) < 4.78 is 0. The first kappa shape index (κ1) is 12.8. The van der Waals surface area contributed by atoms with E-state index < -0.39 is 11.8 Å². The van der Waals surface area contributed by atoms with Gasteiger partial charge in [0, 0.05) is 23.1 Å². The highest BCUT2D eigenvalue weighted by atomic mass is 16.2. The number of carbonyl (C=O) groups excluding carboxylic acids is 2. The standard InChI is InChI=1S/C14H13N3O2/c1-9-8-10(6-7-16-9)13(18)17-14(19)11-4-2-3-5-12(11)15/h2-8H,15H2,1H3,(H,17,18,19). The number of imide groups is 1. The first-order valence-electron chi connectivity index (χ1n) is 5.71. The van der Waals surface area contributed by atoms with Crippen LogP contribution in [0.5, 0.6) is 0 Å². The van der Waals surface area contributed by atoms with Crippen molar-refractivity contribution in [3.63, 3.8) is 0 Å². The first-order chi connectivity index (χ1) is 9.08. The van der Waals surface area contributed by atoms with Crippen LogP contribution in [0.15, 0.2) is 42.6 Å². The molecule has 2 aromatic rings. The van der Waals surface area contributed by atoms with E-state index >= 15 is 0 Å². The number of carbonyl (C=O) groups is 2. The van der Waals surface area contributed by atoms with Crippen LogP contribution in [-0.2, 0) is 0 Å². The van der Waals surface area contributed by atoms with Gasteiger partial charge in [0.2, 0.25) is 0 Å². The summed E-state index contributed by atoms with van der Waals surface area (Å²) in [4.78, 5) is 27.8. The third-order valence-electron chi connectivity index (χ3n) is 2.59. The first-order valence-corrected chi connectivity index (χ1v) is 5.71. The zero-order valence-corrected chi connectivity index (χ0v) is 10.4. The third kappa shape index (κ3) is 2.95. The van der Waals surface area contributed by atoms with Crippen molar-refractivity contribution in [1.29, 1.82) is 0 Å². The summed E-state index contributed by atoms with van der Waals surface area (Å²) in [5.74, 6) is -0.990. The van der Waals surface area contributed by atoms with Gasteiger partial charge >= 0.3 is 0 Å².